The van der Waals surface area contributed by atoms with Gasteiger partial charge in [0.1, 0.15) is 11.4 Å². The largest absolute Gasteiger partial charge is 0.496 e. The number of nitrogens with one attached hydrogen (secondary N) is 1. The highest BCUT2D eigenvalue weighted by Crippen LogP contribution is 2.31. The molecule has 1 amide bonds. The molecule has 0 spiro atoms. The molecule has 1 atom stereocenters. The van der Waals surface area contributed by atoms with Crippen LogP contribution < -0.4 is 10.1 Å². The van der Waals surface area contributed by atoms with Crippen LogP contribution in [0.4, 0.5) is 0 Å². The van der Waals surface area contributed by atoms with E-state index in [2.05, 4.69) is 10.5 Å². The van der Waals surface area contributed by atoms with Crippen molar-refractivity contribution < 1.29 is 14.1 Å². The van der Waals surface area contributed by atoms with E-state index >= 15 is 0 Å². The Balaban J connectivity index is 0.00000240. The summed E-state index contributed by atoms with van der Waals surface area (Å²) in [6.07, 6.45) is 0. The molecule has 0 bridgehead atoms. The van der Waals surface area contributed by atoms with Crippen molar-refractivity contribution in [1.29, 1.82) is 0 Å². The Kier molecular flexibility index (Phi) is 6.56. The van der Waals surface area contributed by atoms with Crippen LogP contribution in [0.3, 0.4) is 0 Å². The van der Waals surface area contributed by atoms with E-state index in [4.69, 9.17) is 9.26 Å². The van der Waals surface area contributed by atoms with Crippen LogP contribution in [-0.4, -0.2) is 42.7 Å². The van der Waals surface area contributed by atoms with Crippen LogP contribution in [0.15, 0.2) is 59.1 Å². The Morgan fingerprint density at radius 3 is 2.72 bits per heavy atom. The molecule has 1 aliphatic rings. The summed E-state index contributed by atoms with van der Waals surface area (Å²) in [4.78, 5) is 15.0. The summed E-state index contributed by atoms with van der Waals surface area (Å²) in [5.74, 6) is 0.854. The number of para-hydroxylation sites is 1. The second kappa shape index (κ2) is 9.11. The summed E-state index contributed by atoms with van der Waals surface area (Å²) in [5.41, 5.74) is 3.73. The molecule has 1 aromatic heterocycles. The van der Waals surface area contributed by atoms with E-state index in [0.29, 0.717) is 18.8 Å². The van der Waals surface area contributed by atoms with Crippen LogP contribution in [-0.2, 0) is 0 Å². The number of piperazine rings is 1. The van der Waals surface area contributed by atoms with Gasteiger partial charge >= 0.3 is 0 Å². The van der Waals surface area contributed by atoms with E-state index in [-0.39, 0.29) is 30.1 Å². The molecule has 0 aliphatic carbocycles. The molecule has 7 heteroatoms. The number of aromatic nitrogens is 1. The van der Waals surface area contributed by atoms with Crippen LogP contribution in [0.2, 0.25) is 0 Å². The molecule has 2 heterocycles. The van der Waals surface area contributed by atoms with E-state index in [1.54, 1.807) is 13.2 Å². The van der Waals surface area contributed by atoms with E-state index in [9.17, 15) is 4.79 Å². The Bertz CT molecular complexity index is 971. The second-order valence-electron chi connectivity index (χ2n) is 6.90. The fourth-order valence-electron chi connectivity index (χ4n) is 3.54. The Morgan fingerprint density at radius 2 is 1.97 bits per heavy atom. The van der Waals surface area contributed by atoms with Crippen LogP contribution in [0, 0.1) is 6.92 Å². The van der Waals surface area contributed by atoms with Gasteiger partial charge in [0.2, 0.25) is 5.76 Å². The first-order valence-electron chi connectivity index (χ1n) is 9.35. The summed E-state index contributed by atoms with van der Waals surface area (Å²) >= 11 is 0. The van der Waals surface area contributed by atoms with E-state index in [1.165, 1.54) is 5.56 Å². The lowest BCUT2D eigenvalue weighted by molar-refractivity contribution is 0.0589. The number of hydrogen-bond donors (Lipinski definition) is 1. The maximum absolute atomic E-state index is 13.2. The number of nitrogens with zero attached hydrogens (tertiary/aromatic N) is 2. The number of benzene rings is 2. The Hall–Kier alpha value is -2.83. The van der Waals surface area contributed by atoms with Gasteiger partial charge in [-0.3, -0.25) is 4.79 Å². The monoisotopic (exact) mass is 413 g/mol. The molecule has 1 unspecified atom stereocenters. The zero-order valence-corrected chi connectivity index (χ0v) is 17.2. The first-order chi connectivity index (χ1) is 13.7. The van der Waals surface area contributed by atoms with Gasteiger partial charge in [-0.25, -0.2) is 0 Å². The minimum atomic E-state index is -0.164. The van der Waals surface area contributed by atoms with Gasteiger partial charge in [0.15, 0.2) is 0 Å². The molecule has 0 radical (unpaired) electrons. The first kappa shape index (κ1) is 20.9. The molecular formula is C22H24ClN3O3. The number of hydrogen-bond acceptors (Lipinski definition) is 5. The topological polar surface area (TPSA) is 67.6 Å². The zero-order valence-electron chi connectivity index (χ0n) is 16.4. The van der Waals surface area contributed by atoms with Gasteiger partial charge in [0.05, 0.1) is 13.2 Å². The highest BCUT2D eigenvalue weighted by atomic mass is 35.5. The average molecular weight is 414 g/mol. The number of amides is 1. The first-order valence-corrected chi connectivity index (χ1v) is 9.35. The number of rotatable bonds is 4. The SMILES string of the molecule is COc1ccccc1C1CNCCN1C(=O)c1cc(-c2ccc(C)cc2)no1.Cl. The number of aryl methyl sites for hydroxylation is 1. The maximum Gasteiger partial charge on any atom is 0.293 e. The lowest BCUT2D eigenvalue weighted by Gasteiger charge is -2.36. The average Bonchev–Trinajstić information content (AvgIpc) is 3.24. The predicted molar refractivity (Wildman–Crippen MR) is 114 cm³/mol. The third-order valence-electron chi connectivity index (χ3n) is 5.07. The molecular weight excluding hydrogens is 390 g/mol. The number of ether oxygens (including phenoxy) is 1. The number of carbonyl (C=O) groups is 1. The molecule has 1 saturated heterocycles. The number of carbonyl (C=O) groups excluding carboxylic acids is 1. The molecule has 4 rings (SSSR count). The third-order valence-corrected chi connectivity index (χ3v) is 5.07. The summed E-state index contributed by atoms with van der Waals surface area (Å²) in [7, 11) is 1.64. The third kappa shape index (κ3) is 4.28. The van der Waals surface area contributed by atoms with Gasteiger partial charge in [-0.2, -0.15) is 0 Å². The van der Waals surface area contributed by atoms with Gasteiger partial charge in [0.25, 0.3) is 5.91 Å². The number of halogens is 1. The fourth-order valence-corrected chi connectivity index (χ4v) is 3.54. The minimum Gasteiger partial charge on any atom is -0.496 e. The van der Waals surface area contributed by atoms with Crippen molar-refractivity contribution in [2.75, 3.05) is 26.7 Å². The van der Waals surface area contributed by atoms with Crippen LogP contribution >= 0.6 is 12.4 Å². The predicted octanol–water partition coefficient (Wildman–Crippen LogP) is 3.87. The molecule has 6 nitrogen and oxygen atoms in total. The normalized spacial score (nSPS) is 16.2. The highest BCUT2D eigenvalue weighted by molar-refractivity contribution is 5.93. The Labute approximate surface area is 176 Å². The lowest BCUT2D eigenvalue weighted by Crippen LogP contribution is -2.48. The van der Waals surface area contributed by atoms with Crippen LogP contribution in [0.25, 0.3) is 11.3 Å². The van der Waals surface area contributed by atoms with Gasteiger partial charge in [-0.05, 0) is 13.0 Å². The summed E-state index contributed by atoms with van der Waals surface area (Å²) < 4.78 is 10.9. The summed E-state index contributed by atoms with van der Waals surface area (Å²) in [5, 5.41) is 7.46. The van der Waals surface area contributed by atoms with Crippen molar-refractivity contribution in [3.63, 3.8) is 0 Å². The standard InChI is InChI=1S/C22H23N3O3.ClH/c1-15-7-9-16(10-8-15)18-13-21(28-24-18)22(26)25-12-11-23-14-19(25)17-5-3-4-6-20(17)27-2;/h3-10,13,19,23H,11-12,14H2,1-2H3;1H. The van der Waals surface area contributed by atoms with Crippen molar-refractivity contribution >= 4 is 18.3 Å². The van der Waals surface area contributed by atoms with Crippen molar-refractivity contribution in [2.24, 2.45) is 0 Å². The summed E-state index contributed by atoms with van der Waals surface area (Å²) in [6.45, 7) is 4.01. The molecule has 29 heavy (non-hydrogen) atoms. The van der Waals surface area contributed by atoms with Crippen molar-refractivity contribution in [1.82, 2.24) is 15.4 Å². The smallest absolute Gasteiger partial charge is 0.293 e. The lowest BCUT2D eigenvalue weighted by atomic mass is 10.0. The molecule has 1 N–H and O–H groups in total. The van der Waals surface area contributed by atoms with Crippen LogP contribution in [0.5, 0.6) is 5.75 Å². The fraction of sp³-hybridized carbons (Fsp3) is 0.273. The van der Waals surface area contributed by atoms with Crippen molar-refractivity contribution in [2.45, 2.75) is 13.0 Å². The zero-order chi connectivity index (χ0) is 19.5. The van der Waals surface area contributed by atoms with Gasteiger partial charge in [0, 0.05) is 36.8 Å². The van der Waals surface area contributed by atoms with Gasteiger partial charge < -0.3 is 19.5 Å². The van der Waals surface area contributed by atoms with Crippen molar-refractivity contribution in [3.8, 4) is 17.0 Å². The molecule has 3 aromatic rings. The number of methoxy groups -OCH3 is 1. The van der Waals surface area contributed by atoms with Gasteiger partial charge in [-0.1, -0.05) is 53.2 Å². The van der Waals surface area contributed by atoms with Crippen LogP contribution in [0.1, 0.15) is 27.7 Å². The van der Waals surface area contributed by atoms with Crippen molar-refractivity contribution in [3.05, 3.63) is 71.5 Å². The summed E-state index contributed by atoms with van der Waals surface area (Å²) in [6, 6.07) is 17.4. The molecule has 2 aromatic carbocycles. The molecule has 1 aliphatic heterocycles. The second-order valence-corrected chi connectivity index (χ2v) is 6.90. The highest BCUT2D eigenvalue weighted by Gasteiger charge is 2.32. The molecule has 152 valence electrons. The van der Waals surface area contributed by atoms with Gasteiger partial charge in [-0.15, -0.1) is 12.4 Å². The maximum atomic E-state index is 13.2. The van der Waals surface area contributed by atoms with E-state index < -0.39 is 0 Å². The van der Waals surface area contributed by atoms with E-state index in [1.807, 2.05) is 60.4 Å². The molecule has 1 fully saturated rings. The minimum absolute atomic E-state index is 0. The van der Waals surface area contributed by atoms with E-state index in [0.717, 1.165) is 23.4 Å². The quantitative estimate of drug-likeness (QED) is 0.703. The molecule has 0 saturated carbocycles. The Morgan fingerprint density at radius 1 is 1.21 bits per heavy atom.